The van der Waals surface area contributed by atoms with Crippen LogP contribution < -0.4 is 11.2 Å². The van der Waals surface area contributed by atoms with Gasteiger partial charge in [-0.25, -0.2) is 4.79 Å². The third-order valence-electron chi connectivity index (χ3n) is 3.27. The summed E-state index contributed by atoms with van der Waals surface area (Å²) in [6, 6.07) is 2.78. The summed E-state index contributed by atoms with van der Waals surface area (Å²) in [5.74, 6) is 0. The molecule has 0 aliphatic carbocycles. The fraction of sp³-hybridized carbons (Fsp3) is 0.545. The lowest BCUT2D eigenvalue weighted by Crippen LogP contribution is -2.51. The first-order valence-electron chi connectivity index (χ1n) is 5.80. The number of nitriles is 1. The summed E-state index contributed by atoms with van der Waals surface area (Å²) in [5, 5.41) is 37.9. The Bertz CT molecular complexity index is 647. The van der Waals surface area contributed by atoms with Crippen LogP contribution in [0.25, 0.3) is 0 Å². The van der Waals surface area contributed by atoms with Gasteiger partial charge in [0.25, 0.3) is 5.56 Å². The molecule has 1 aromatic heterocycles. The maximum atomic E-state index is 11.8. The molecule has 20 heavy (non-hydrogen) atoms. The number of nitrogens with one attached hydrogen (secondary N) is 1. The molecule has 9 heteroatoms. The Labute approximate surface area is 112 Å². The number of rotatable bonds is 3. The van der Waals surface area contributed by atoms with Gasteiger partial charge in [-0.1, -0.05) is 0 Å². The van der Waals surface area contributed by atoms with Crippen LogP contribution in [-0.4, -0.2) is 49.8 Å². The minimum Gasteiger partial charge on any atom is -0.394 e. The van der Waals surface area contributed by atoms with Gasteiger partial charge in [-0.3, -0.25) is 14.3 Å². The number of hydrogen-bond donors (Lipinski definition) is 4. The highest BCUT2D eigenvalue weighted by atomic mass is 16.6. The van der Waals surface area contributed by atoms with Crippen molar-refractivity contribution in [1.29, 1.82) is 5.26 Å². The Hall–Kier alpha value is -1.99. The maximum Gasteiger partial charge on any atom is 0.330 e. The van der Waals surface area contributed by atoms with Gasteiger partial charge in [0.2, 0.25) is 0 Å². The van der Waals surface area contributed by atoms with Crippen molar-refractivity contribution in [3.63, 3.8) is 0 Å². The van der Waals surface area contributed by atoms with Gasteiger partial charge < -0.3 is 20.1 Å². The summed E-state index contributed by atoms with van der Waals surface area (Å²) in [4.78, 5) is 24.9. The minimum atomic E-state index is -1.86. The molecule has 0 radical (unpaired) electrons. The van der Waals surface area contributed by atoms with Gasteiger partial charge in [0.15, 0.2) is 5.72 Å². The topological polar surface area (TPSA) is 149 Å². The van der Waals surface area contributed by atoms with E-state index in [0.29, 0.717) is 0 Å². The number of aliphatic hydroxyl groups is 3. The molecule has 4 N–H and O–H groups in total. The first-order valence-corrected chi connectivity index (χ1v) is 5.80. The molecular weight excluding hydrogens is 270 g/mol. The van der Waals surface area contributed by atoms with E-state index in [9.17, 15) is 19.8 Å². The van der Waals surface area contributed by atoms with E-state index in [4.69, 9.17) is 15.1 Å². The Morgan fingerprint density at radius 1 is 1.50 bits per heavy atom. The van der Waals surface area contributed by atoms with E-state index in [1.165, 1.54) is 0 Å². The molecule has 1 saturated heterocycles. The molecule has 0 bridgehead atoms. The Morgan fingerprint density at radius 2 is 2.20 bits per heavy atom. The van der Waals surface area contributed by atoms with Gasteiger partial charge in [0, 0.05) is 12.3 Å². The maximum absolute atomic E-state index is 11.8. The molecule has 9 nitrogen and oxygen atoms in total. The van der Waals surface area contributed by atoms with Crippen LogP contribution in [0.5, 0.6) is 0 Å². The zero-order valence-electron chi connectivity index (χ0n) is 10.3. The Morgan fingerprint density at radius 3 is 2.70 bits per heavy atom. The lowest BCUT2D eigenvalue weighted by molar-refractivity contribution is -0.147. The average Bonchev–Trinajstić information content (AvgIpc) is 2.65. The number of hydrogen-bond acceptors (Lipinski definition) is 7. The van der Waals surface area contributed by atoms with Crippen LogP contribution in [0.4, 0.5) is 0 Å². The Balaban J connectivity index is 2.59. The van der Waals surface area contributed by atoms with Gasteiger partial charge in [-0.15, -0.1) is 0 Å². The van der Waals surface area contributed by atoms with Crippen molar-refractivity contribution in [2.24, 2.45) is 0 Å². The van der Waals surface area contributed by atoms with Crippen molar-refractivity contribution in [2.45, 2.75) is 30.5 Å². The van der Waals surface area contributed by atoms with Crippen LogP contribution in [0.3, 0.4) is 0 Å². The summed E-state index contributed by atoms with van der Waals surface area (Å²) < 4.78 is 6.17. The smallest absolute Gasteiger partial charge is 0.330 e. The summed E-state index contributed by atoms with van der Waals surface area (Å²) in [6.45, 7) is -0.594. The first-order chi connectivity index (χ1) is 9.46. The van der Waals surface area contributed by atoms with Gasteiger partial charge in [-0.05, 0) is 0 Å². The zero-order valence-corrected chi connectivity index (χ0v) is 10.3. The number of H-pyrrole nitrogens is 1. The van der Waals surface area contributed by atoms with Crippen LogP contribution in [0.2, 0.25) is 0 Å². The predicted octanol–water partition coefficient (Wildman–Crippen LogP) is -2.78. The van der Waals surface area contributed by atoms with Crippen LogP contribution in [0.1, 0.15) is 6.42 Å². The quantitative estimate of drug-likeness (QED) is 0.468. The van der Waals surface area contributed by atoms with Crippen LogP contribution in [0.15, 0.2) is 21.9 Å². The van der Waals surface area contributed by atoms with Gasteiger partial charge in [0.05, 0.1) is 19.1 Å². The van der Waals surface area contributed by atoms with E-state index in [-0.39, 0.29) is 0 Å². The standard InChI is InChI=1S/C11H13N3O6/c12-3-2-11(9(18)8(17)6(5-15)20-11)14-4-1-7(16)13-10(14)19/h1,4,6,8-9,15,17-18H,2,5H2,(H,13,16,19)/t6-,8-,9-,11-/m1/s1. The lowest BCUT2D eigenvalue weighted by Gasteiger charge is -2.31. The molecule has 0 spiro atoms. The molecule has 4 atom stereocenters. The van der Waals surface area contributed by atoms with E-state index >= 15 is 0 Å². The monoisotopic (exact) mass is 283 g/mol. The van der Waals surface area contributed by atoms with E-state index < -0.39 is 48.3 Å². The molecule has 2 rings (SSSR count). The average molecular weight is 283 g/mol. The first kappa shape index (κ1) is 14.4. The number of aliphatic hydroxyl groups excluding tert-OH is 3. The number of nitrogens with zero attached hydrogens (tertiary/aromatic N) is 2. The third kappa shape index (κ3) is 2.04. The van der Waals surface area contributed by atoms with Gasteiger partial charge >= 0.3 is 5.69 Å². The highest BCUT2D eigenvalue weighted by Crippen LogP contribution is 2.37. The molecular formula is C11H13N3O6. The summed E-state index contributed by atoms with van der Waals surface area (Å²) in [7, 11) is 0. The summed E-state index contributed by atoms with van der Waals surface area (Å²) in [5.41, 5.74) is -3.40. The normalized spacial score (nSPS) is 33.0. The number of aromatic amines is 1. The van der Waals surface area contributed by atoms with Crippen molar-refractivity contribution < 1.29 is 20.1 Å². The lowest BCUT2D eigenvalue weighted by atomic mass is 9.99. The second kappa shape index (κ2) is 5.18. The van der Waals surface area contributed by atoms with E-state index in [2.05, 4.69) is 0 Å². The van der Waals surface area contributed by atoms with E-state index in [1.807, 2.05) is 4.98 Å². The highest BCUT2D eigenvalue weighted by molar-refractivity contribution is 5.05. The molecule has 0 amide bonds. The van der Waals surface area contributed by atoms with Gasteiger partial charge in [-0.2, -0.15) is 5.26 Å². The fourth-order valence-corrected chi connectivity index (χ4v) is 2.28. The predicted molar refractivity (Wildman–Crippen MR) is 63.5 cm³/mol. The summed E-state index contributed by atoms with van der Waals surface area (Å²) >= 11 is 0. The molecule has 2 heterocycles. The van der Waals surface area contributed by atoms with Gasteiger partial charge in [0.1, 0.15) is 18.3 Å². The molecule has 1 aliphatic heterocycles. The SMILES string of the molecule is N#CC[C@@]1(n2ccc(=O)[nH]c2=O)O[C@H](CO)[C@@H](O)[C@H]1O. The molecule has 108 valence electrons. The molecule has 0 unspecified atom stereocenters. The number of ether oxygens (including phenoxy) is 1. The zero-order chi connectivity index (χ0) is 14.9. The fourth-order valence-electron chi connectivity index (χ4n) is 2.28. The molecule has 0 aromatic carbocycles. The largest absolute Gasteiger partial charge is 0.394 e. The highest BCUT2D eigenvalue weighted by Gasteiger charge is 2.55. The van der Waals surface area contributed by atoms with Crippen molar-refractivity contribution >= 4 is 0 Å². The minimum absolute atomic E-state index is 0.451. The molecule has 0 saturated carbocycles. The van der Waals surface area contributed by atoms with Crippen molar-refractivity contribution in [3.05, 3.63) is 33.1 Å². The Kier molecular flexibility index (Phi) is 3.74. The van der Waals surface area contributed by atoms with Crippen molar-refractivity contribution in [3.8, 4) is 6.07 Å². The van der Waals surface area contributed by atoms with Crippen LogP contribution >= 0.6 is 0 Å². The second-order valence-corrected chi connectivity index (χ2v) is 4.43. The van der Waals surface area contributed by atoms with Crippen LogP contribution in [0, 0.1) is 11.3 Å². The number of aromatic nitrogens is 2. The molecule has 1 fully saturated rings. The van der Waals surface area contributed by atoms with Crippen LogP contribution in [-0.2, 0) is 10.5 Å². The van der Waals surface area contributed by atoms with Crippen molar-refractivity contribution in [1.82, 2.24) is 9.55 Å². The summed E-state index contributed by atoms with van der Waals surface area (Å²) in [6.07, 6.45) is -3.60. The third-order valence-corrected chi connectivity index (χ3v) is 3.27. The van der Waals surface area contributed by atoms with E-state index in [0.717, 1.165) is 16.8 Å². The second-order valence-electron chi connectivity index (χ2n) is 4.43. The molecule has 1 aromatic rings. The van der Waals surface area contributed by atoms with Crippen molar-refractivity contribution in [2.75, 3.05) is 6.61 Å². The van der Waals surface area contributed by atoms with E-state index in [1.54, 1.807) is 6.07 Å². The molecule has 1 aliphatic rings.